The zero-order chi connectivity index (χ0) is 14.8. The summed E-state index contributed by atoms with van der Waals surface area (Å²) in [4.78, 5) is 11.9. The highest BCUT2D eigenvalue weighted by molar-refractivity contribution is 7.91. The van der Waals surface area contributed by atoms with Crippen molar-refractivity contribution in [1.82, 2.24) is 4.72 Å². The van der Waals surface area contributed by atoms with Gasteiger partial charge in [0, 0.05) is 5.92 Å². The third-order valence-electron chi connectivity index (χ3n) is 4.37. The molecule has 2 rings (SSSR count). The molecule has 0 saturated heterocycles. The normalized spacial score (nSPS) is 27.5. The molecule has 2 saturated carbocycles. The van der Waals surface area contributed by atoms with E-state index in [-0.39, 0.29) is 17.7 Å². The predicted octanol–water partition coefficient (Wildman–Crippen LogP) is 2.76. The number of amides is 1. The van der Waals surface area contributed by atoms with Gasteiger partial charge in [-0.3, -0.25) is 9.52 Å². The number of hydrogen-bond acceptors (Lipinski definition) is 3. The van der Waals surface area contributed by atoms with Crippen molar-refractivity contribution < 1.29 is 13.2 Å². The number of carbonyl (C=O) groups excluding carboxylic acids is 1. The summed E-state index contributed by atoms with van der Waals surface area (Å²) >= 11 is 0. The standard InChI is InChI=1S/C15H25NO3S/c1-3-4-5-6-7-8-12-11-13(12)14(17)16-20(18,19)15(2)9-10-15/h7-8,12-13H,3-6,9-11H2,1-2H3,(H,16,17)/b8-7-. The quantitative estimate of drug-likeness (QED) is 0.553. The van der Waals surface area contributed by atoms with Gasteiger partial charge in [-0.05, 0) is 44.9 Å². The molecule has 0 heterocycles. The molecule has 114 valence electrons. The van der Waals surface area contributed by atoms with E-state index in [0.29, 0.717) is 12.8 Å². The summed E-state index contributed by atoms with van der Waals surface area (Å²) in [6.45, 7) is 3.87. The Hall–Kier alpha value is -0.840. The molecule has 1 amide bonds. The van der Waals surface area contributed by atoms with E-state index < -0.39 is 14.8 Å². The average molecular weight is 299 g/mol. The second-order valence-electron chi connectivity index (χ2n) is 6.35. The maximum atomic E-state index is 11.9. The molecule has 0 aromatic rings. The molecule has 4 nitrogen and oxygen atoms in total. The van der Waals surface area contributed by atoms with Gasteiger partial charge in [0.2, 0.25) is 15.9 Å². The van der Waals surface area contributed by atoms with Crippen LogP contribution in [0.3, 0.4) is 0 Å². The largest absolute Gasteiger partial charge is 0.274 e. The van der Waals surface area contributed by atoms with Crippen molar-refractivity contribution in [1.29, 1.82) is 0 Å². The fourth-order valence-corrected chi connectivity index (χ4v) is 3.59. The minimum Gasteiger partial charge on any atom is -0.274 e. The summed E-state index contributed by atoms with van der Waals surface area (Å²) in [5.41, 5.74) is 0. The Morgan fingerprint density at radius 2 is 2.05 bits per heavy atom. The van der Waals surface area contributed by atoms with Gasteiger partial charge >= 0.3 is 0 Å². The van der Waals surface area contributed by atoms with Crippen LogP contribution in [0.5, 0.6) is 0 Å². The first-order chi connectivity index (χ1) is 9.39. The summed E-state index contributed by atoms with van der Waals surface area (Å²) in [6.07, 6.45) is 11.0. The Labute approximate surface area is 122 Å². The molecule has 2 aliphatic carbocycles. The third kappa shape index (κ3) is 3.62. The van der Waals surface area contributed by atoms with Crippen LogP contribution in [-0.2, 0) is 14.8 Å². The monoisotopic (exact) mass is 299 g/mol. The molecule has 2 aliphatic rings. The molecular weight excluding hydrogens is 274 g/mol. The molecule has 0 bridgehead atoms. The van der Waals surface area contributed by atoms with Crippen LogP contribution in [-0.4, -0.2) is 19.1 Å². The van der Waals surface area contributed by atoms with Crippen LogP contribution in [0.25, 0.3) is 0 Å². The third-order valence-corrected chi connectivity index (χ3v) is 6.55. The first-order valence-corrected chi connectivity index (χ1v) is 9.11. The predicted molar refractivity (Wildman–Crippen MR) is 79.6 cm³/mol. The van der Waals surface area contributed by atoms with Gasteiger partial charge in [-0.25, -0.2) is 8.42 Å². The van der Waals surface area contributed by atoms with Crippen LogP contribution in [0.2, 0.25) is 0 Å². The van der Waals surface area contributed by atoms with Gasteiger partial charge in [0.25, 0.3) is 0 Å². The topological polar surface area (TPSA) is 63.2 Å². The molecule has 20 heavy (non-hydrogen) atoms. The maximum Gasteiger partial charge on any atom is 0.240 e. The molecule has 0 spiro atoms. The Morgan fingerprint density at radius 3 is 2.65 bits per heavy atom. The van der Waals surface area contributed by atoms with Crippen molar-refractivity contribution in [2.45, 2.75) is 63.5 Å². The van der Waals surface area contributed by atoms with Crippen LogP contribution in [0.4, 0.5) is 0 Å². The minimum atomic E-state index is -3.47. The molecule has 0 aromatic heterocycles. The lowest BCUT2D eigenvalue weighted by Gasteiger charge is -2.11. The van der Waals surface area contributed by atoms with Crippen molar-refractivity contribution in [3.63, 3.8) is 0 Å². The summed E-state index contributed by atoms with van der Waals surface area (Å²) in [5.74, 6) is -0.227. The highest BCUT2D eigenvalue weighted by Crippen LogP contribution is 2.44. The summed E-state index contributed by atoms with van der Waals surface area (Å²) < 4.78 is 25.4. The second-order valence-corrected chi connectivity index (χ2v) is 8.55. The lowest BCUT2D eigenvalue weighted by Crippen LogP contribution is -2.39. The average Bonchev–Trinajstić information content (AvgIpc) is 3.25. The van der Waals surface area contributed by atoms with Gasteiger partial charge in [-0.2, -0.15) is 0 Å². The first kappa shape index (κ1) is 15.5. The maximum absolute atomic E-state index is 11.9. The van der Waals surface area contributed by atoms with Crippen LogP contribution >= 0.6 is 0 Å². The van der Waals surface area contributed by atoms with E-state index in [9.17, 15) is 13.2 Å². The SMILES string of the molecule is CCCCC/C=C\C1CC1C(=O)NS(=O)(=O)C1(C)CC1. The highest BCUT2D eigenvalue weighted by atomic mass is 32.2. The zero-order valence-electron chi connectivity index (χ0n) is 12.4. The zero-order valence-corrected chi connectivity index (χ0v) is 13.2. The lowest BCUT2D eigenvalue weighted by molar-refractivity contribution is -0.120. The first-order valence-electron chi connectivity index (χ1n) is 7.62. The van der Waals surface area contributed by atoms with Crippen LogP contribution in [0.15, 0.2) is 12.2 Å². The molecule has 2 fully saturated rings. The van der Waals surface area contributed by atoms with E-state index in [1.165, 1.54) is 19.3 Å². The van der Waals surface area contributed by atoms with Crippen molar-refractivity contribution in [3.05, 3.63) is 12.2 Å². The summed E-state index contributed by atoms with van der Waals surface area (Å²) in [6, 6.07) is 0. The summed E-state index contributed by atoms with van der Waals surface area (Å²) in [5, 5.41) is 0. The van der Waals surface area contributed by atoms with E-state index in [2.05, 4.69) is 23.8 Å². The Kier molecular flexibility index (Phi) is 4.57. The number of allylic oxidation sites excluding steroid dienone is 2. The highest BCUT2D eigenvalue weighted by Gasteiger charge is 2.52. The number of rotatable bonds is 8. The second kappa shape index (κ2) is 5.88. The molecule has 0 aromatic carbocycles. The molecule has 5 heteroatoms. The Bertz CT molecular complexity index is 491. The van der Waals surface area contributed by atoms with Gasteiger partial charge in [0.05, 0.1) is 4.75 Å². The van der Waals surface area contributed by atoms with E-state index in [1.54, 1.807) is 6.92 Å². The van der Waals surface area contributed by atoms with Crippen molar-refractivity contribution in [2.24, 2.45) is 11.8 Å². The van der Waals surface area contributed by atoms with Crippen LogP contribution in [0, 0.1) is 11.8 Å². The van der Waals surface area contributed by atoms with Crippen molar-refractivity contribution >= 4 is 15.9 Å². The molecule has 0 radical (unpaired) electrons. The molecule has 2 atom stereocenters. The molecule has 1 N–H and O–H groups in total. The number of hydrogen-bond donors (Lipinski definition) is 1. The summed E-state index contributed by atoms with van der Waals surface area (Å²) in [7, 11) is -3.47. The van der Waals surface area contributed by atoms with Crippen molar-refractivity contribution in [2.75, 3.05) is 0 Å². The number of nitrogens with one attached hydrogen (secondary N) is 1. The number of sulfonamides is 1. The lowest BCUT2D eigenvalue weighted by atomic mass is 10.2. The van der Waals surface area contributed by atoms with Gasteiger partial charge in [-0.15, -0.1) is 0 Å². The Morgan fingerprint density at radius 1 is 1.35 bits per heavy atom. The number of carbonyl (C=O) groups is 1. The van der Waals surface area contributed by atoms with Gasteiger partial charge < -0.3 is 0 Å². The number of unbranched alkanes of at least 4 members (excludes halogenated alkanes) is 3. The Balaban J connectivity index is 1.73. The van der Waals surface area contributed by atoms with E-state index in [4.69, 9.17) is 0 Å². The van der Waals surface area contributed by atoms with Crippen LogP contribution < -0.4 is 4.72 Å². The van der Waals surface area contributed by atoms with E-state index >= 15 is 0 Å². The van der Waals surface area contributed by atoms with E-state index in [0.717, 1.165) is 12.8 Å². The molecule has 2 unspecified atom stereocenters. The van der Waals surface area contributed by atoms with Crippen molar-refractivity contribution in [3.8, 4) is 0 Å². The van der Waals surface area contributed by atoms with Gasteiger partial charge in [0.15, 0.2) is 0 Å². The van der Waals surface area contributed by atoms with Gasteiger partial charge in [0.1, 0.15) is 0 Å². The minimum absolute atomic E-state index is 0.144. The van der Waals surface area contributed by atoms with Gasteiger partial charge in [-0.1, -0.05) is 31.9 Å². The smallest absolute Gasteiger partial charge is 0.240 e. The molecular formula is C15H25NO3S. The van der Waals surface area contributed by atoms with E-state index in [1.807, 2.05) is 0 Å². The fourth-order valence-electron chi connectivity index (χ4n) is 2.29. The fraction of sp³-hybridized carbons (Fsp3) is 0.800. The molecule has 0 aliphatic heterocycles. The van der Waals surface area contributed by atoms with Crippen LogP contribution in [0.1, 0.15) is 58.8 Å².